The van der Waals surface area contributed by atoms with Crippen LogP contribution in [-0.4, -0.2) is 11.8 Å². The zero-order valence-corrected chi connectivity index (χ0v) is 9.88. The second-order valence-electron chi connectivity index (χ2n) is 2.78. The molecule has 14 heavy (non-hydrogen) atoms. The number of carbonyl (C=O) groups is 1. The normalized spacial score (nSPS) is 10.1. The van der Waals surface area contributed by atoms with E-state index in [4.69, 9.17) is 23.2 Å². The molecule has 5 heteroatoms. The number of hydrogen-bond donors (Lipinski definition) is 1. The van der Waals surface area contributed by atoms with Crippen molar-refractivity contribution in [2.75, 3.05) is 5.88 Å². The third kappa shape index (κ3) is 4.31. The number of halogens is 2. The van der Waals surface area contributed by atoms with Gasteiger partial charge >= 0.3 is 0 Å². The van der Waals surface area contributed by atoms with Crippen molar-refractivity contribution in [1.29, 1.82) is 0 Å². The Morgan fingerprint density at radius 3 is 2.86 bits per heavy atom. The van der Waals surface area contributed by atoms with Crippen molar-refractivity contribution in [2.45, 2.75) is 19.4 Å². The first-order valence-electron chi connectivity index (χ1n) is 4.29. The molecule has 1 amide bonds. The Bertz CT molecular complexity index is 301. The quantitative estimate of drug-likeness (QED) is 0.802. The summed E-state index contributed by atoms with van der Waals surface area (Å²) >= 11 is 12.7. The van der Waals surface area contributed by atoms with Crippen LogP contribution in [0.25, 0.3) is 0 Å². The molecule has 1 aromatic heterocycles. The molecular weight excluding hydrogens is 241 g/mol. The zero-order chi connectivity index (χ0) is 10.4. The molecule has 0 radical (unpaired) electrons. The molecule has 1 rings (SSSR count). The predicted octanol–water partition coefficient (Wildman–Crippen LogP) is 3.04. The first kappa shape index (κ1) is 11.8. The molecule has 0 aliphatic heterocycles. The van der Waals surface area contributed by atoms with Crippen LogP contribution in [0.5, 0.6) is 0 Å². The van der Waals surface area contributed by atoms with Gasteiger partial charge in [-0.2, -0.15) is 0 Å². The van der Waals surface area contributed by atoms with Gasteiger partial charge in [-0.15, -0.1) is 22.9 Å². The highest BCUT2D eigenvalue weighted by atomic mass is 35.5. The SMILES string of the molecule is O=C(CCCCl)NCc1ccc(Cl)s1. The van der Waals surface area contributed by atoms with Gasteiger partial charge in [-0.05, 0) is 18.6 Å². The van der Waals surface area contributed by atoms with Crippen LogP contribution in [0.1, 0.15) is 17.7 Å². The minimum absolute atomic E-state index is 0.0372. The van der Waals surface area contributed by atoms with Crippen LogP contribution < -0.4 is 5.32 Å². The fourth-order valence-corrected chi connectivity index (χ4v) is 2.11. The van der Waals surface area contributed by atoms with Crippen molar-refractivity contribution in [3.63, 3.8) is 0 Å². The summed E-state index contributed by atoms with van der Waals surface area (Å²) in [5.41, 5.74) is 0. The highest BCUT2D eigenvalue weighted by Crippen LogP contribution is 2.20. The standard InChI is InChI=1S/C9H11Cl2NOS/c10-5-1-2-9(13)12-6-7-3-4-8(11)14-7/h3-4H,1-2,5-6H2,(H,12,13). The fraction of sp³-hybridized carbons (Fsp3) is 0.444. The van der Waals surface area contributed by atoms with Crippen molar-refractivity contribution in [3.05, 3.63) is 21.3 Å². The molecule has 1 aromatic rings. The van der Waals surface area contributed by atoms with Crippen molar-refractivity contribution in [2.24, 2.45) is 0 Å². The Labute approximate surface area is 97.2 Å². The fourth-order valence-electron chi connectivity index (χ4n) is 0.948. The van der Waals surface area contributed by atoms with E-state index in [9.17, 15) is 4.79 Å². The lowest BCUT2D eigenvalue weighted by Gasteiger charge is -2.01. The van der Waals surface area contributed by atoms with Crippen molar-refractivity contribution < 1.29 is 4.79 Å². The highest BCUT2D eigenvalue weighted by molar-refractivity contribution is 7.16. The van der Waals surface area contributed by atoms with E-state index in [0.29, 0.717) is 18.8 Å². The molecule has 0 aliphatic carbocycles. The van der Waals surface area contributed by atoms with Gasteiger partial charge in [0.2, 0.25) is 5.91 Å². The molecule has 0 aromatic carbocycles. The summed E-state index contributed by atoms with van der Waals surface area (Å²) in [4.78, 5) is 12.2. The molecule has 0 spiro atoms. The van der Waals surface area contributed by atoms with E-state index in [-0.39, 0.29) is 5.91 Å². The van der Waals surface area contributed by atoms with E-state index in [1.54, 1.807) is 0 Å². The number of carbonyl (C=O) groups excluding carboxylic acids is 1. The van der Waals surface area contributed by atoms with Crippen LogP contribution in [0, 0.1) is 0 Å². The predicted molar refractivity (Wildman–Crippen MR) is 61.1 cm³/mol. The molecule has 0 fully saturated rings. The van der Waals surface area contributed by atoms with E-state index in [2.05, 4.69) is 5.32 Å². The molecule has 1 N–H and O–H groups in total. The number of hydrogen-bond acceptors (Lipinski definition) is 2. The minimum Gasteiger partial charge on any atom is -0.351 e. The van der Waals surface area contributed by atoms with Crippen LogP contribution >= 0.6 is 34.5 Å². The lowest BCUT2D eigenvalue weighted by atomic mass is 10.3. The molecule has 0 atom stereocenters. The van der Waals surface area contributed by atoms with E-state index < -0.39 is 0 Å². The van der Waals surface area contributed by atoms with Gasteiger partial charge in [-0.1, -0.05) is 11.6 Å². The highest BCUT2D eigenvalue weighted by Gasteiger charge is 2.02. The Balaban J connectivity index is 2.23. The molecule has 0 aliphatic rings. The van der Waals surface area contributed by atoms with Crippen molar-refractivity contribution in [3.8, 4) is 0 Å². The Kier molecular flexibility index (Phi) is 5.30. The maximum Gasteiger partial charge on any atom is 0.220 e. The average molecular weight is 252 g/mol. The molecule has 0 bridgehead atoms. The smallest absolute Gasteiger partial charge is 0.220 e. The summed E-state index contributed by atoms with van der Waals surface area (Å²) in [7, 11) is 0. The van der Waals surface area contributed by atoms with Crippen LogP contribution in [0.3, 0.4) is 0 Å². The molecule has 2 nitrogen and oxygen atoms in total. The number of alkyl halides is 1. The van der Waals surface area contributed by atoms with Gasteiger partial charge in [0, 0.05) is 17.2 Å². The molecule has 1 heterocycles. The van der Waals surface area contributed by atoms with Crippen molar-refractivity contribution >= 4 is 40.4 Å². The summed E-state index contributed by atoms with van der Waals surface area (Å²) in [6.45, 7) is 0.554. The second kappa shape index (κ2) is 6.27. The second-order valence-corrected chi connectivity index (χ2v) is 4.95. The van der Waals surface area contributed by atoms with Gasteiger partial charge < -0.3 is 5.32 Å². The minimum atomic E-state index is 0.0372. The number of nitrogens with one attached hydrogen (secondary N) is 1. The molecule has 0 unspecified atom stereocenters. The van der Waals surface area contributed by atoms with E-state index in [1.165, 1.54) is 11.3 Å². The van der Waals surface area contributed by atoms with Gasteiger partial charge in [-0.3, -0.25) is 4.79 Å². The van der Waals surface area contributed by atoms with E-state index >= 15 is 0 Å². The number of rotatable bonds is 5. The Hall–Kier alpha value is -0.250. The molecular formula is C9H11Cl2NOS. The summed E-state index contributed by atoms with van der Waals surface area (Å²) < 4.78 is 0.745. The van der Waals surface area contributed by atoms with Gasteiger partial charge in [-0.25, -0.2) is 0 Å². The lowest BCUT2D eigenvalue weighted by molar-refractivity contribution is -0.121. The summed E-state index contributed by atoms with van der Waals surface area (Å²) in [5, 5.41) is 2.80. The number of amides is 1. The summed E-state index contributed by atoms with van der Waals surface area (Å²) in [6, 6.07) is 3.74. The van der Waals surface area contributed by atoms with Gasteiger partial charge in [0.25, 0.3) is 0 Å². The monoisotopic (exact) mass is 251 g/mol. The first-order chi connectivity index (χ1) is 6.72. The third-order valence-corrected chi connectivity index (χ3v) is 3.12. The van der Waals surface area contributed by atoms with Crippen LogP contribution in [0.2, 0.25) is 4.34 Å². The van der Waals surface area contributed by atoms with Crippen LogP contribution in [-0.2, 0) is 11.3 Å². The Morgan fingerprint density at radius 2 is 2.29 bits per heavy atom. The lowest BCUT2D eigenvalue weighted by Crippen LogP contribution is -2.21. The van der Waals surface area contributed by atoms with Crippen LogP contribution in [0.4, 0.5) is 0 Å². The average Bonchev–Trinajstić information content (AvgIpc) is 2.58. The van der Waals surface area contributed by atoms with Crippen LogP contribution in [0.15, 0.2) is 12.1 Å². The summed E-state index contributed by atoms with van der Waals surface area (Å²) in [5.74, 6) is 0.563. The third-order valence-electron chi connectivity index (χ3n) is 1.63. The van der Waals surface area contributed by atoms with E-state index in [0.717, 1.165) is 15.6 Å². The van der Waals surface area contributed by atoms with Gasteiger partial charge in [0.15, 0.2) is 0 Å². The zero-order valence-electron chi connectivity index (χ0n) is 7.56. The topological polar surface area (TPSA) is 29.1 Å². The Morgan fingerprint density at radius 1 is 1.50 bits per heavy atom. The molecule has 0 saturated carbocycles. The first-order valence-corrected chi connectivity index (χ1v) is 6.02. The van der Waals surface area contributed by atoms with E-state index in [1.807, 2.05) is 12.1 Å². The largest absolute Gasteiger partial charge is 0.351 e. The molecule has 0 saturated heterocycles. The number of thiophene rings is 1. The van der Waals surface area contributed by atoms with Gasteiger partial charge in [0.05, 0.1) is 10.9 Å². The summed E-state index contributed by atoms with van der Waals surface area (Å²) in [6.07, 6.45) is 1.21. The molecule has 78 valence electrons. The maximum absolute atomic E-state index is 11.2. The maximum atomic E-state index is 11.2. The van der Waals surface area contributed by atoms with Crippen molar-refractivity contribution in [1.82, 2.24) is 5.32 Å². The van der Waals surface area contributed by atoms with Gasteiger partial charge in [0.1, 0.15) is 0 Å².